The topological polar surface area (TPSA) is 38.3 Å². The zero-order valence-electron chi connectivity index (χ0n) is 14.5. The Kier molecular flexibility index (Phi) is 5.37. The molecule has 3 atom stereocenters. The van der Waals surface area contributed by atoms with Crippen LogP contribution in [0, 0.1) is 17.8 Å². The summed E-state index contributed by atoms with van der Waals surface area (Å²) in [7, 11) is 0. The molecule has 142 valence electrons. The summed E-state index contributed by atoms with van der Waals surface area (Å²) in [6.45, 7) is -2.39. The SMILES string of the molecule is O=C(NCc1ccc(OC(F)F)cc1)C1C[C@H]2CC[C@@H](C1)C21SCCS1. The fraction of sp³-hybridized carbons (Fsp3) is 0.632. The van der Waals surface area contributed by atoms with Crippen molar-refractivity contribution in [1.29, 1.82) is 0 Å². The minimum atomic E-state index is -2.82. The molecule has 0 aromatic heterocycles. The molecule has 1 heterocycles. The number of thioether (sulfide) groups is 2. The van der Waals surface area contributed by atoms with Gasteiger partial charge >= 0.3 is 6.61 Å². The monoisotopic (exact) mass is 399 g/mol. The molecule has 1 aromatic carbocycles. The van der Waals surface area contributed by atoms with Gasteiger partial charge in [-0.2, -0.15) is 8.78 Å². The van der Waals surface area contributed by atoms with Crippen LogP contribution in [0.2, 0.25) is 0 Å². The maximum absolute atomic E-state index is 12.7. The van der Waals surface area contributed by atoms with Gasteiger partial charge in [0, 0.05) is 24.0 Å². The molecular formula is C19H23F2NO2S2. The molecule has 7 heteroatoms. The molecule has 4 rings (SSSR count). The molecule has 1 amide bonds. The molecule has 1 aromatic rings. The molecule has 3 aliphatic rings. The van der Waals surface area contributed by atoms with Gasteiger partial charge in [-0.05, 0) is 55.2 Å². The Balaban J connectivity index is 1.31. The molecule has 1 spiro atoms. The second-order valence-corrected chi connectivity index (χ2v) is 10.3. The molecule has 2 aliphatic carbocycles. The number of amides is 1. The number of hydrogen-bond acceptors (Lipinski definition) is 4. The summed E-state index contributed by atoms with van der Waals surface area (Å²) in [5.74, 6) is 4.22. The largest absolute Gasteiger partial charge is 0.435 e. The second kappa shape index (κ2) is 7.58. The number of carbonyl (C=O) groups excluding carboxylic acids is 1. The van der Waals surface area contributed by atoms with Crippen molar-refractivity contribution >= 4 is 29.4 Å². The summed E-state index contributed by atoms with van der Waals surface area (Å²) in [6.07, 6.45) is 4.53. The van der Waals surface area contributed by atoms with Crippen molar-refractivity contribution in [1.82, 2.24) is 5.32 Å². The zero-order valence-corrected chi connectivity index (χ0v) is 16.1. The van der Waals surface area contributed by atoms with E-state index >= 15 is 0 Å². The first-order chi connectivity index (χ1) is 12.6. The summed E-state index contributed by atoms with van der Waals surface area (Å²) in [6, 6.07) is 6.44. The van der Waals surface area contributed by atoms with Crippen LogP contribution in [0.5, 0.6) is 5.75 Å². The number of benzene rings is 1. The predicted molar refractivity (Wildman–Crippen MR) is 102 cm³/mol. The first-order valence-corrected chi connectivity index (χ1v) is 11.1. The van der Waals surface area contributed by atoms with E-state index in [1.807, 2.05) is 0 Å². The third kappa shape index (κ3) is 3.57. The van der Waals surface area contributed by atoms with E-state index in [1.54, 1.807) is 12.1 Å². The molecule has 1 aliphatic heterocycles. The van der Waals surface area contributed by atoms with Crippen molar-refractivity contribution in [2.24, 2.45) is 17.8 Å². The highest BCUT2D eigenvalue weighted by atomic mass is 32.2. The molecule has 3 nitrogen and oxygen atoms in total. The van der Waals surface area contributed by atoms with Crippen LogP contribution in [0.4, 0.5) is 8.78 Å². The van der Waals surface area contributed by atoms with E-state index in [0.717, 1.165) is 18.4 Å². The zero-order chi connectivity index (χ0) is 18.1. The highest BCUT2D eigenvalue weighted by molar-refractivity contribution is 8.21. The maximum atomic E-state index is 12.7. The number of nitrogens with one attached hydrogen (secondary N) is 1. The van der Waals surface area contributed by atoms with E-state index in [-0.39, 0.29) is 17.6 Å². The first-order valence-electron chi connectivity index (χ1n) is 9.16. The van der Waals surface area contributed by atoms with Crippen molar-refractivity contribution < 1.29 is 18.3 Å². The maximum Gasteiger partial charge on any atom is 0.387 e. The van der Waals surface area contributed by atoms with Crippen LogP contribution in [0.15, 0.2) is 24.3 Å². The predicted octanol–water partition coefficient (Wildman–Crippen LogP) is 4.52. The lowest BCUT2D eigenvalue weighted by molar-refractivity contribution is -0.126. The van der Waals surface area contributed by atoms with Gasteiger partial charge in [-0.3, -0.25) is 4.79 Å². The number of ether oxygens (including phenoxy) is 1. The minimum Gasteiger partial charge on any atom is -0.435 e. The van der Waals surface area contributed by atoms with Gasteiger partial charge in [0.15, 0.2) is 0 Å². The van der Waals surface area contributed by atoms with Gasteiger partial charge < -0.3 is 10.1 Å². The third-order valence-corrected chi connectivity index (χ3v) is 9.88. The van der Waals surface area contributed by atoms with E-state index in [2.05, 4.69) is 33.6 Å². The van der Waals surface area contributed by atoms with Crippen LogP contribution >= 0.6 is 23.5 Å². The molecule has 1 N–H and O–H groups in total. The Labute approximate surface area is 161 Å². The molecule has 2 saturated carbocycles. The number of halogens is 2. The van der Waals surface area contributed by atoms with Crippen molar-refractivity contribution in [2.45, 2.75) is 42.9 Å². The molecule has 26 heavy (non-hydrogen) atoms. The van der Waals surface area contributed by atoms with Crippen molar-refractivity contribution in [3.8, 4) is 5.75 Å². The van der Waals surface area contributed by atoms with Gasteiger partial charge in [0.2, 0.25) is 5.91 Å². The highest BCUT2D eigenvalue weighted by Crippen LogP contribution is 2.65. The minimum absolute atomic E-state index is 0.112. The molecule has 3 fully saturated rings. The molecule has 1 unspecified atom stereocenters. The van der Waals surface area contributed by atoms with Gasteiger partial charge in [-0.25, -0.2) is 0 Å². The standard InChI is InChI=1S/C19H23F2NO2S2/c20-18(21)24-16-5-1-12(2-6-16)11-22-17(23)13-9-14-3-4-15(10-13)19(14)25-7-8-26-19/h1-2,5-6,13-15,18H,3-4,7-11H2,(H,22,23)/t13?,14-,15+. The number of carbonyl (C=O) groups is 1. The average molecular weight is 400 g/mol. The first kappa shape index (κ1) is 18.4. The summed E-state index contributed by atoms with van der Waals surface area (Å²) in [5.41, 5.74) is 0.886. The number of rotatable bonds is 5. The van der Waals surface area contributed by atoms with Gasteiger partial charge in [-0.1, -0.05) is 12.1 Å². The molecule has 0 radical (unpaired) electrons. The van der Waals surface area contributed by atoms with Gasteiger partial charge in [-0.15, -0.1) is 23.5 Å². The van der Waals surface area contributed by atoms with Crippen molar-refractivity contribution in [3.63, 3.8) is 0 Å². The van der Waals surface area contributed by atoms with Gasteiger partial charge in [0.25, 0.3) is 0 Å². The summed E-state index contributed by atoms with van der Waals surface area (Å²) in [5, 5.41) is 3.04. The Morgan fingerprint density at radius 2 is 1.77 bits per heavy atom. The lowest BCUT2D eigenvalue weighted by Gasteiger charge is -2.42. The highest BCUT2D eigenvalue weighted by Gasteiger charge is 2.57. The van der Waals surface area contributed by atoms with E-state index in [9.17, 15) is 13.6 Å². The van der Waals surface area contributed by atoms with Crippen LogP contribution in [0.1, 0.15) is 31.2 Å². The van der Waals surface area contributed by atoms with E-state index in [0.29, 0.717) is 22.5 Å². The van der Waals surface area contributed by atoms with Gasteiger partial charge in [0.1, 0.15) is 5.75 Å². The van der Waals surface area contributed by atoms with Crippen LogP contribution in [-0.2, 0) is 11.3 Å². The van der Waals surface area contributed by atoms with Gasteiger partial charge in [0.05, 0.1) is 4.08 Å². The Hall–Kier alpha value is -0.950. The van der Waals surface area contributed by atoms with E-state index < -0.39 is 6.61 Å². The Morgan fingerprint density at radius 1 is 1.15 bits per heavy atom. The van der Waals surface area contributed by atoms with Crippen LogP contribution in [0.3, 0.4) is 0 Å². The van der Waals surface area contributed by atoms with Crippen molar-refractivity contribution in [3.05, 3.63) is 29.8 Å². The summed E-state index contributed by atoms with van der Waals surface area (Å²) in [4.78, 5) is 12.7. The summed E-state index contributed by atoms with van der Waals surface area (Å²) >= 11 is 4.28. The second-order valence-electron chi connectivity index (χ2n) is 7.30. The molecule has 1 saturated heterocycles. The lowest BCUT2D eigenvalue weighted by Crippen LogP contribution is -2.42. The quantitative estimate of drug-likeness (QED) is 0.790. The smallest absolute Gasteiger partial charge is 0.387 e. The molecule has 2 bridgehead atoms. The number of alkyl halides is 2. The lowest BCUT2D eigenvalue weighted by atomic mass is 9.79. The molecular weight excluding hydrogens is 376 g/mol. The fourth-order valence-electron chi connectivity index (χ4n) is 4.74. The fourth-order valence-corrected chi connectivity index (χ4v) is 8.67. The van der Waals surface area contributed by atoms with Crippen molar-refractivity contribution in [2.75, 3.05) is 11.5 Å². The van der Waals surface area contributed by atoms with Crippen LogP contribution in [0.25, 0.3) is 0 Å². The third-order valence-electron chi connectivity index (χ3n) is 5.86. The van der Waals surface area contributed by atoms with E-state index in [1.165, 1.54) is 36.5 Å². The average Bonchev–Trinajstić information content (AvgIpc) is 3.15. The Morgan fingerprint density at radius 3 is 2.35 bits per heavy atom. The van der Waals surface area contributed by atoms with Crippen LogP contribution in [-0.4, -0.2) is 28.1 Å². The number of hydrogen-bond donors (Lipinski definition) is 1. The van der Waals surface area contributed by atoms with Crippen LogP contribution < -0.4 is 10.1 Å². The van der Waals surface area contributed by atoms with E-state index in [4.69, 9.17) is 0 Å². The normalized spacial score (nSPS) is 29.3. The Bertz CT molecular complexity index is 633. The summed E-state index contributed by atoms with van der Waals surface area (Å²) < 4.78 is 29.1.